The van der Waals surface area contributed by atoms with Gasteiger partial charge in [0, 0.05) is 18.5 Å². The van der Waals surface area contributed by atoms with Gasteiger partial charge in [0.25, 0.3) is 0 Å². The van der Waals surface area contributed by atoms with Gasteiger partial charge in [-0.3, -0.25) is 9.69 Å². The van der Waals surface area contributed by atoms with Crippen LogP contribution in [0, 0.1) is 0 Å². The van der Waals surface area contributed by atoms with Crippen LogP contribution in [0.2, 0.25) is 0 Å². The summed E-state index contributed by atoms with van der Waals surface area (Å²) in [6.07, 6.45) is 5.23. The Hall–Kier alpha value is -0.640. The molecule has 1 aliphatic carbocycles. The Bertz CT molecular complexity index is 289. The summed E-state index contributed by atoms with van der Waals surface area (Å²) in [7, 11) is 1.83. The molecule has 2 rings (SSSR count). The van der Waals surface area contributed by atoms with Gasteiger partial charge in [-0.2, -0.15) is 0 Å². The first-order chi connectivity index (χ1) is 8.00. The van der Waals surface area contributed by atoms with E-state index in [4.69, 9.17) is 0 Å². The van der Waals surface area contributed by atoms with Crippen LogP contribution >= 0.6 is 0 Å². The Morgan fingerprint density at radius 1 is 1.35 bits per heavy atom. The molecule has 98 valence electrons. The predicted molar refractivity (Wildman–Crippen MR) is 65.6 cm³/mol. The lowest BCUT2D eigenvalue weighted by Gasteiger charge is -2.36. The zero-order chi connectivity index (χ0) is 12.5. The molecule has 1 saturated carbocycles. The third-order valence-corrected chi connectivity index (χ3v) is 4.18. The molecule has 0 aromatic carbocycles. The summed E-state index contributed by atoms with van der Waals surface area (Å²) in [5.41, 5.74) is -0.0649. The highest BCUT2D eigenvalue weighted by molar-refractivity contribution is 5.82. The number of nitrogens with zero attached hydrogens (tertiary/aromatic N) is 1. The van der Waals surface area contributed by atoms with E-state index in [1.54, 1.807) is 0 Å². The molecule has 1 saturated heterocycles. The van der Waals surface area contributed by atoms with Crippen molar-refractivity contribution in [2.75, 3.05) is 13.6 Å². The van der Waals surface area contributed by atoms with E-state index in [9.17, 15) is 9.18 Å². The first-order valence-electron chi connectivity index (χ1n) is 6.66. The second-order valence-electron chi connectivity index (χ2n) is 5.90. The van der Waals surface area contributed by atoms with E-state index < -0.39 is 6.17 Å². The molecule has 17 heavy (non-hydrogen) atoms. The van der Waals surface area contributed by atoms with E-state index in [0.29, 0.717) is 13.0 Å². The van der Waals surface area contributed by atoms with Crippen LogP contribution in [0.5, 0.6) is 0 Å². The van der Waals surface area contributed by atoms with Gasteiger partial charge >= 0.3 is 0 Å². The van der Waals surface area contributed by atoms with Crippen molar-refractivity contribution in [3.8, 4) is 0 Å². The zero-order valence-corrected chi connectivity index (χ0v) is 10.8. The van der Waals surface area contributed by atoms with Crippen LogP contribution in [0.4, 0.5) is 4.39 Å². The lowest BCUT2D eigenvalue weighted by molar-refractivity contribution is -0.127. The maximum atomic E-state index is 13.2. The summed E-state index contributed by atoms with van der Waals surface area (Å²) in [5.74, 6) is 0.0112. The van der Waals surface area contributed by atoms with Gasteiger partial charge in [-0.15, -0.1) is 0 Å². The smallest absolute Gasteiger partial charge is 0.237 e. The first kappa shape index (κ1) is 12.8. The van der Waals surface area contributed by atoms with Crippen LogP contribution in [0.25, 0.3) is 0 Å². The van der Waals surface area contributed by atoms with E-state index in [1.807, 2.05) is 11.9 Å². The van der Waals surface area contributed by atoms with E-state index in [1.165, 1.54) is 19.3 Å². The average Bonchev–Trinajstić information content (AvgIpc) is 2.58. The highest BCUT2D eigenvalue weighted by Crippen LogP contribution is 2.28. The van der Waals surface area contributed by atoms with Gasteiger partial charge in [0.2, 0.25) is 5.91 Å². The van der Waals surface area contributed by atoms with Gasteiger partial charge in [-0.25, -0.2) is 4.39 Å². The van der Waals surface area contributed by atoms with E-state index in [0.717, 1.165) is 12.8 Å². The Morgan fingerprint density at radius 3 is 2.53 bits per heavy atom. The van der Waals surface area contributed by atoms with Crippen LogP contribution in [0.1, 0.15) is 45.4 Å². The molecule has 1 amide bonds. The third kappa shape index (κ3) is 2.97. The molecule has 0 unspecified atom stereocenters. The monoisotopic (exact) mass is 242 g/mol. The highest BCUT2D eigenvalue weighted by Gasteiger charge is 2.37. The fourth-order valence-corrected chi connectivity index (χ4v) is 3.08. The van der Waals surface area contributed by atoms with Crippen molar-refractivity contribution < 1.29 is 9.18 Å². The summed E-state index contributed by atoms with van der Waals surface area (Å²) in [6.45, 7) is 2.50. The molecule has 2 atom stereocenters. The largest absolute Gasteiger partial charge is 0.350 e. The van der Waals surface area contributed by atoms with Crippen molar-refractivity contribution in [3.63, 3.8) is 0 Å². The van der Waals surface area contributed by atoms with Gasteiger partial charge in [0.1, 0.15) is 6.17 Å². The van der Waals surface area contributed by atoms with E-state index >= 15 is 0 Å². The fourth-order valence-electron chi connectivity index (χ4n) is 3.08. The van der Waals surface area contributed by atoms with Gasteiger partial charge in [-0.05, 0) is 26.8 Å². The number of hydrogen-bond acceptors (Lipinski definition) is 2. The van der Waals surface area contributed by atoms with E-state index in [-0.39, 0.29) is 17.5 Å². The van der Waals surface area contributed by atoms with Crippen molar-refractivity contribution in [2.24, 2.45) is 0 Å². The molecule has 1 N–H and O–H groups in total. The number of nitrogens with one attached hydrogen (secondary N) is 1. The molecular formula is C13H23FN2O. The molecule has 0 radical (unpaired) electrons. The SMILES string of the molecule is CN1C[C@@H](F)C[C@H]1C(=O)NC1(C)CCCCC1. The maximum Gasteiger partial charge on any atom is 0.237 e. The van der Waals surface area contributed by atoms with Crippen molar-refractivity contribution in [3.05, 3.63) is 0 Å². The van der Waals surface area contributed by atoms with Crippen LogP contribution in [-0.4, -0.2) is 42.2 Å². The van der Waals surface area contributed by atoms with Crippen molar-refractivity contribution >= 4 is 5.91 Å². The number of alkyl halides is 1. The van der Waals surface area contributed by atoms with E-state index in [2.05, 4.69) is 12.2 Å². The van der Waals surface area contributed by atoms with Crippen LogP contribution < -0.4 is 5.32 Å². The lowest BCUT2D eigenvalue weighted by Crippen LogP contribution is -2.52. The molecule has 4 heteroatoms. The molecule has 0 aromatic heterocycles. The van der Waals surface area contributed by atoms with Crippen LogP contribution in [0.3, 0.4) is 0 Å². The van der Waals surface area contributed by atoms with Crippen molar-refractivity contribution in [1.29, 1.82) is 0 Å². The second-order valence-corrected chi connectivity index (χ2v) is 5.90. The molecule has 2 fully saturated rings. The van der Waals surface area contributed by atoms with Crippen molar-refractivity contribution in [2.45, 2.75) is 63.2 Å². The molecule has 1 heterocycles. The molecule has 1 aliphatic heterocycles. The minimum atomic E-state index is -0.852. The summed E-state index contributed by atoms with van der Waals surface area (Å²) >= 11 is 0. The minimum absolute atomic E-state index is 0.0112. The number of amides is 1. The highest BCUT2D eigenvalue weighted by atomic mass is 19.1. The topological polar surface area (TPSA) is 32.3 Å². The summed E-state index contributed by atoms with van der Waals surface area (Å²) in [5, 5.41) is 3.14. The lowest BCUT2D eigenvalue weighted by atomic mass is 9.83. The number of rotatable bonds is 2. The average molecular weight is 242 g/mol. The normalized spacial score (nSPS) is 33.6. The first-order valence-corrected chi connectivity index (χ1v) is 6.66. The minimum Gasteiger partial charge on any atom is -0.350 e. The van der Waals surface area contributed by atoms with Gasteiger partial charge in [0.05, 0.1) is 6.04 Å². The molecule has 3 nitrogen and oxygen atoms in total. The summed E-state index contributed by atoms with van der Waals surface area (Å²) in [6, 6.07) is -0.274. The van der Waals surface area contributed by atoms with Crippen LogP contribution in [-0.2, 0) is 4.79 Å². The van der Waals surface area contributed by atoms with Gasteiger partial charge in [-0.1, -0.05) is 19.3 Å². The number of carbonyl (C=O) groups excluding carboxylic acids is 1. The fraction of sp³-hybridized carbons (Fsp3) is 0.923. The van der Waals surface area contributed by atoms with Gasteiger partial charge < -0.3 is 5.32 Å². The second kappa shape index (κ2) is 4.92. The Labute approximate surface area is 103 Å². The standard InChI is InChI=1S/C13H23FN2O/c1-13(6-4-3-5-7-13)15-12(17)11-8-10(14)9-16(11)2/h10-11H,3-9H2,1-2H3,(H,15,17)/t10-,11-/m0/s1. The van der Waals surface area contributed by atoms with Crippen LogP contribution in [0.15, 0.2) is 0 Å². The number of carbonyl (C=O) groups is 1. The number of likely N-dealkylation sites (N-methyl/N-ethyl adjacent to an activating group) is 1. The molecule has 0 aromatic rings. The molecule has 0 bridgehead atoms. The molecule has 2 aliphatic rings. The molecule has 0 spiro atoms. The number of hydrogen-bond donors (Lipinski definition) is 1. The third-order valence-electron chi connectivity index (χ3n) is 4.18. The predicted octanol–water partition coefficient (Wildman–Crippen LogP) is 1.87. The Balaban J connectivity index is 1.92. The summed E-state index contributed by atoms with van der Waals surface area (Å²) in [4.78, 5) is 14.0. The van der Waals surface area contributed by atoms with Crippen molar-refractivity contribution in [1.82, 2.24) is 10.2 Å². The zero-order valence-electron chi connectivity index (χ0n) is 10.8. The van der Waals surface area contributed by atoms with Gasteiger partial charge in [0.15, 0.2) is 0 Å². The number of likely N-dealkylation sites (tertiary alicyclic amines) is 1. The summed E-state index contributed by atoms with van der Waals surface area (Å²) < 4.78 is 13.2. The number of halogens is 1. The quantitative estimate of drug-likeness (QED) is 0.801. The Kier molecular flexibility index (Phi) is 3.71. The maximum absolute atomic E-state index is 13.2. The Morgan fingerprint density at radius 2 is 2.00 bits per heavy atom. The molecular weight excluding hydrogens is 219 g/mol.